The SMILES string of the molecule is CO[C@@H]1C[C@@H](c2nc(C)c(C)[nH]2)N(c2cc(NCC3CC3)ncn2)C1. The Balaban J connectivity index is 1.58. The van der Waals surface area contributed by atoms with Gasteiger partial charge in [0.05, 0.1) is 17.8 Å². The zero-order valence-corrected chi connectivity index (χ0v) is 15.1. The van der Waals surface area contributed by atoms with Gasteiger partial charge in [0.25, 0.3) is 0 Å². The number of H-pyrrole nitrogens is 1. The second-order valence-corrected chi connectivity index (χ2v) is 7.18. The second-order valence-electron chi connectivity index (χ2n) is 7.18. The van der Waals surface area contributed by atoms with Gasteiger partial charge in [0.2, 0.25) is 0 Å². The Bertz CT molecular complexity index is 721. The fourth-order valence-corrected chi connectivity index (χ4v) is 3.39. The third-order valence-electron chi connectivity index (χ3n) is 5.27. The van der Waals surface area contributed by atoms with E-state index in [0.717, 1.165) is 54.3 Å². The van der Waals surface area contributed by atoms with Crippen LogP contribution in [0.3, 0.4) is 0 Å². The van der Waals surface area contributed by atoms with E-state index in [4.69, 9.17) is 9.72 Å². The molecule has 0 unspecified atom stereocenters. The van der Waals surface area contributed by atoms with Gasteiger partial charge in [0, 0.05) is 38.4 Å². The molecule has 2 aromatic heterocycles. The van der Waals surface area contributed by atoms with Crippen molar-refractivity contribution in [1.82, 2.24) is 19.9 Å². The average molecular weight is 342 g/mol. The lowest BCUT2D eigenvalue weighted by molar-refractivity contribution is 0.118. The van der Waals surface area contributed by atoms with Gasteiger partial charge < -0.3 is 19.9 Å². The molecule has 134 valence electrons. The number of rotatable bonds is 6. The Hall–Kier alpha value is -2.15. The topological polar surface area (TPSA) is 79.0 Å². The van der Waals surface area contributed by atoms with E-state index in [9.17, 15) is 0 Å². The number of hydrogen-bond donors (Lipinski definition) is 2. The number of aromatic amines is 1. The van der Waals surface area contributed by atoms with Crippen LogP contribution in [0.15, 0.2) is 12.4 Å². The molecule has 0 bridgehead atoms. The van der Waals surface area contributed by atoms with Crippen LogP contribution in [0, 0.1) is 19.8 Å². The number of imidazole rings is 1. The van der Waals surface area contributed by atoms with Gasteiger partial charge in [-0.2, -0.15) is 0 Å². The van der Waals surface area contributed by atoms with Gasteiger partial charge in [0.1, 0.15) is 23.8 Å². The molecule has 0 amide bonds. The standard InChI is InChI=1S/C18H26N6O/c1-11-12(2)23-18(22-11)15-6-14(25-3)9-24(15)17-7-16(20-10-21-17)19-8-13-4-5-13/h7,10,13-15H,4-6,8-9H2,1-3H3,(H,22,23)(H,19,20,21)/t14-,15+/m1/s1. The predicted molar refractivity (Wildman–Crippen MR) is 96.8 cm³/mol. The Labute approximate surface area is 148 Å². The van der Waals surface area contributed by atoms with Crippen LogP contribution < -0.4 is 10.2 Å². The molecule has 2 N–H and O–H groups in total. The van der Waals surface area contributed by atoms with Gasteiger partial charge in [-0.1, -0.05) is 0 Å². The monoisotopic (exact) mass is 342 g/mol. The molecule has 2 fully saturated rings. The molecule has 1 saturated heterocycles. The zero-order valence-electron chi connectivity index (χ0n) is 15.1. The molecule has 2 aliphatic rings. The summed E-state index contributed by atoms with van der Waals surface area (Å²) in [5, 5.41) is 3.43. The zero-order chi connectivity index (χ0) is 17.4. The van der Waals surface area contributed by atoms with Crippen molar-refractivity contribution in [2.75, 3.05) is 30.4 Å². The number of ether oxygens (including phenoxy) is 1. The molecule has 0 radical (unpaired) electrons. The predicted octanol–water partition coefficient (Wildman–Crippen LogP) is 2.60. The number of aromatic nitrogens is 4. The van der Waals surface area contributed by atoms with Crippen molar-refractivity contribution in [1.29, 1.82) is 0 Å². The van der Waals surface area contributed by atoms with Crippen LogP contribution in [0.4, 0.5) is 11.6 Å². The van der Waals surface area contributed by atoms with Crippen molar-refractivity contribution in [3.63, 3.8) is 0 Å². The van der Waals surface area contributed by atoms with Crippen molar-refractivity contribution in [3.05, 3.63) is 29.6 Å². The lowest BCUT2D eigenvalue weighted by Gasteiger charge is -2.24. The van der Waals surface area contributed by atoms with E-state index in [1.165, 1.54) is 12.8 Å². The summed E-state index contributed by atoms with van der Waals surface area (Å²) in [6.07, 6.45) is 5.36. The average Bonchev–Trinajstić information content (AvgIpc) is 3.26. The minimum Gasteiger partial charge on any atom is -0.380 e. The molecule has 7 nitrogen and oxygen atoms in total. The first-order valence-corrected chi connectivity index (χ1v) is 9.02. The van der Waals surface area contributed by atoms with Crippen LogP contribution in [0.1, 0.15) is 42.5 Å². The first kappa shape index (κ1) is 16.3. The van der Waals surface area contributed by atoms with Gasteiger partial charge in [-0.05, 0) is 32.6 Å². The summed E-state index contributed by atoms with van der Waals surface area (Å²) >= 11 is 0. The van der Waals surface area contributed by atoms with Crippen LogP contribution in [0.2, 0.25) is 0 Å². The van der Waals surface area contributed by atoms with Gasteiger partial charge in [-0.15, -0.1) is 0 Å². The van der Waals surface area contributed by atoms with Crippen molar-refractivity contribution in [2.45, 2.75) is 45.3 Å². The summed E-state index contributed by atoms with van der Waals surface area (Å²) in [5.74, 6) is 3.61. The molecule has 1 aliphatic carbocycles. The van der Waals surface area contributed by atoms with E-state index in [1.807, 2.05) is 13.0 Å². The van der Waals surface area contributed by atoms with E-state index in [2.05, 4.69) is 32.1 Å². The molecule has 25 heavy (non-hydrogen) atoms. The molecule has 0 spiro atoms. The van der Waals surface area contributed by atoms with Crippen LogP contribution in [0.25, 0.3) is 0 Å². The van der Waals surface area contributed by atoms with Crippen molar-refractivity contribution in [2.24, 2.45) is 5.92 Å². The fraction of sp³-hybridized carbons (Fsp3) is 0.611. The molecule has 7 heteroatoms. The molecule has 1 saturated carbocycles. The summed E-state index contributed by atoms with van der Waals surface area (Å²) in [5.41, 5.74) is 2.16. The Morgan fingerprint density at radius 3 is 2.84 bits per heavy atom. The highest BCUT2D eigenvalue weighted by atomic mass is 16.5. The maximum absolute atomic E-state index is 5.63. The summed E-state index contributed by atoms with van der Waals surface area (Å²) in [4.78, 5) is 19.3. The van der Waals surface area contributed by atoms with Crippen LogP contribution >= 0.6 is 0 Å². The smallest absolute Gasteiger partial charge is 0.134 e. The van der Waals surface area contributed by atoms with E-state index < -0.39 is 0 Å². The summed E-state index contributed by atoms with van der Waals surface area (Å²) < 4.78 is 5.63. The maximum Gasteiger partial charge on any atom is 0.134 e. The van der Waals surface area contributed by atoms with Gasteiger partial charge in [-0.25, -0.2) is 15.0 Å². The highest BCUT2D eigenvalue weighted by Crippen LogP contribution is 2.36. The minimum atomic E-state index is 0.142. The van der Waals surface area contributed by atoms with E-state index in [-0.39, 0.29) is 12.1 Å². The van der Waals surface area contributed by atoms with Crippen LogP contribution in [0.5, 0.6) is 0 Å². The summed E-state index contributed by atoms with van der Waals surface area (Å²) in [7, 11) is 1.77. The molecule has 4 rings (SSSR count). The third-order valence-corrected chi connectivity index (χ3v) is 5.27. The number of aryl methyl sites for hydroxylation is 2. The minimum absolute atomic E-state index is 0.142. The number of nitrogens with one attached hydrogen (secondary N) is 2. The fourth-order valence-electron chi connectivity index (χ4n) is 3.39. The molecular formula is C18H26N6O. The molecule has 1 aliphatic heterocycles. The summed E-state index contributed by atoms with van der Waals surface area (Å²) in [6.45, 7) is 5.90. The van der Waals surface area contributed by atoms with Gasteiger partial charge in [0.15, 0.2) is 0 Å². The Morgan fingerprint density at radius 2 is 2.16 bits per heavy atom. The van der Waals surface area contributed by atoms with E-state index in [0.29, 0.717) is 0 Å². The maximum atomic E-state index is 5.63. The lowest BCUT2D eigenvalue weighted by atomic mass is 10.2. The van der Waals surface area contributed by atoms with E-state index >= 15 is 0 Å². The lowest BCUT2D eigenvalue weighted by Crippen LogP contribution is -2.26. The van der Waals surface area contributed by atoms with Crippen LogP contribution in [-0.4, -0.2) is 46.2 Å². The number of anilines is 2. The number of methoxy groups -OCH3 is 1. The van der Waals surface area contributed by atoms with Crippen LogP contribution in [-0.2, 0) is 4.74 Å². The quantitative estimate of drug-likeness (QED) is 0.840. The first-order chi connectivity index (χ1) is 12.1. The Kier molecular flexibility index (Phi) is 4.33. The van der Waals surface area contributed by atoms with Crippen molar-refractivity contribution in [3.8, 4) is 0 Å². The molecular weight excluding hydrogens is 316 g/mol. The van der Waals surface area contributed by atoms with Gasteiger partial charge >= 0.3 is 0 Å². The molecule has 2 aromatic rings. The molecule has 3 heterocycles. The van der Waals surface area contributed by atoms with E-state index in [1.54, 1.807) is 13.4 Å². The summed E-state index contributed by atoms with van der Waals surface area (Å²) in [6, 6.07) is 2.18. The number of hydrogen-bond acceptors (Lipinski definition) is 6. The van der Waals surface area contributed by atoms with Crippen molar-refractivity contribution >= 4 is 11.6 Å². The van der Waals surface area contributed by atoms with Crippen molar-refractivity contribution < 1.29 is 4.74 Å². The van der Waals surface area contributed by atoms with Gasteiger partial charge in [-0.3, -0.25) is 0 Å². The highest BCUT2D eigenvalue weighted by Gasteiger charge is 2.36. The Morgan fingerprint density at radius 1 is 1.32 bits per heavy atom. The second kappa shape index (κ2) is 6.63. The molecule has 2 atom stereocenters. The number of nitrogens with zero attached hydrogens (tertiary/aromatic N) is 4. The molecule has 0 aromatic carbocycles. The normalized spacial score (nSPS) is 23.2. The third kappa shape index (κ3) is 3.46. The highest BCUT2D eigenvalue weighted by molar-refractivity contribution is 5.51. The largest absolute Gasteiger partial charge is 0.380 e. The first-order valence-electron chi connectivity index (χ1n) is 9.02.